The summed E-state index contributed by atoms with van der Waals surface area (Å²) in [7, 11) is 0. The number of imidazole rings is 1. The van der Waals surface area contributed by atoms with Crippen molar-refractivity contribution < 1.29 is 29.0 Å². The summed E-state index contributed by atoms with van der Waals surface area (Å²) < 4.78 is 4.93. The van der Waals surface area contributed by atoms with Crippen LogP contribution in [-0.4, -0.2) is 68.7 Å². The Morgan fingerprint density at radius 1 is 1.05 bits per heavy atom. The van der Waals surface area contributed by atoms with Crippen LogP contribution in [0.4, 0.5) is 9.59 Å². The van der Waals surface area contributed by atoms with Gasteiger partial charge in [0, 0.05) is 24.2 Å². The van der Waals surface area contributed by atoms with Gasteiger partial charge >= 0.3 is 18.1 Å². The topological polar surface area (TPSA) is 166 Å². The molecule has 3 aromatic rings. The Morgan fingerprint density at radius 2 is 1.76 bits per heavy atom. The zero-order valence-electron chi connectivity index (χ0n) is 23.8. The fourth-order valence-electron chi connectivity index (χ4n) is 3.83. The fourth-order valence-corrected chi connectivity index (χ4v) is 3.83. The molecule has 41 heavy (non-hydrogen) atoms. The monoisotopic (exact) mass is 566 g/mol. The molecular formula is C29H38N6O6. The van der Waals surface area contributed by atoms with Crippen molar-refractivity contribution in [2.75, 3.05) is 13.2 Å². The molecule has 220 valence electrons. The van der Waals surface area contributed by atoms with Gasteiger partial charge in [0.05, 0.1) is 24.2 Å². The van der Waals surface area contributed by atoms with Gasteiger partial charge in [0.25, 0.3) is 5.91 Å². The van der Waals surface area contributed by atoms with Crippen LogP contribution in [0.15, 0.2) is 48.5 Å². The van der Waals surface area contributed by atoms with Crippen LogP contribution in [0, 0.1) is 0 Å². The molecule has 0 spiro atoms. The van der Waals surface area contributed by atoms with Crippen LogP contribution in [0.3, 0.4) is 0 Å². The molecule has 4 amide bonds. The van der Waals surface area contributed by atoms with Gasteiger partial charge in [-0.25, -0.2) is 19.4 Å². The van der Waals surface area contributed by atoms with Crippen molar-refractivity contribution in [2.24, 2.45) is 0 Å². The average molecular weight is 567 g/mol. The van der Waals surface area contributed by atoms with Gasteiger partial charge in [-0.2, -0.15) is 0 Å². The number of hydrogen-bond acceptors (Lipinski definition) is 6. The van der Waals surface area contributed by atoms with Crippen LogP contribution in [-0.2, 0) is 22.6 Å². The van der Waals surface area contributed by atoms with Crippen molar-refractivity contribution in [3.63, 3.8) is 0 Å². The van der Waals surface area contributed by atoms with E-state index in [0.717, 1.165) is 23.0 Å². The summed E-state index contributed by atoms with van der Waals surface area (Å²) in [6.45, 7) is 7.99. The number of amides is 4. The number of benzene rings is 2. The van der Waals surface area contributed by atoms with Crippen LogP contribution >= 0.6 is 0 Å². The highest BCUT2D eigenvalue weighted by Crippen LogP contribution is 2.15. The van der Waals surface area contributed by atoms with Crippen LogP contribution < -0.4 is 16.0 Å². The number of aromatic amines is 1. The standard InChI is InChI=1S/C29H38N6O6/c1-5-6-15-41-28(40)33-23(26(37)38)16-30-25(36)20-13-11-19(12-14-20)17-35(27(39)34-29(2,3)4)18-24-31-21-9-7-8-10-22(21)32-24/h7-14,23H,5-6,15-18H2,1-4H3,(H,30,36)(H,31,32)(H,33,40)(H,34,39)(H,37,38). The van der Waals surface area contributed by atoms with E-state index in [-0.39, 0.29) is 32.3 Å². The molecule has 0 aliphatic heterocycles. The van der Waals surface area contributed by atoms with Crippen molar-refractivity contribution in [1.29, 1.82) is 0 Å². The van der Waals surface area contributed by atoms with E-state index in [0.29, 0.717) is 17.8 Å². The number of urea groups is 1. The minimum Gasteiger partial charge on any atom is -0.480 e. The molecule has 0 saturated heterocycles. The van der Waals surface area contributed by atoms with Crippen LogP contribution in [0.2, 0.25) is 0 Å². The predicted molar refractivity (Wildman–Crippen MR) is 153 cm³/mol. The number of unbranched alkanes of at least 4 members (excludes halogenated alkanes) is 1. The lowest BCUT2D eigenvalue weighted by molar-refractivity contribution is -0.139. The molecule has 1 aromatic heterocycles. The Kier molecular flexibility index (Phi) is 10.7. The normalized spacial score (nSPS) is 11.9. The smallest absolute Gasteiger partial charge is 0.407 e. The maximum Gasteiger partial charge on any atom is 0.407 e. The van der Waals surface area contributed by atoms with E-state index >= 15 is 0 Å². The number of para-hydroxylation sites is 2. The molecule has 0 radical (unpaired) electrons. The quantitative estimate of drug-likeness (QED) is 0.208. The molecule has 0 fully saturated rings. The number of nitrogens with zero attached hydrogens (tertiary/aromatic N) is 2. The first-order valence-electron chi connectivity index (χ1n) is 13.5. The van der Waals surface area contributed by atoms with Crippen molar-refractivity contribution in [2.45, 2.75) is 65.2 Å². The molecule has 12 heteroatoms. The molecule has 0 aliphatic rings. The maximum absolute atomic E-state index is 13.1. The summed E-state index contributed by atoms with van der Waals surface area (Å²) in [6.07, 6.45) is 0.636. The summed E-state index contributed by atoms with van der Waals surface area (Å²) in [6, 6.07) is 12.6. The van der Waals surface area contributed by atoms with E-state index in [1.165, 1.54) is 0 Å². The third kappa shape index (κ3) is 9.82. The van der Waals surface area contributed by atoms with E-state index in [1.807, 2.05) is 52.0 Å². The van der Waals surface area contributed by atoms with Crippen molar-refractivity contribution in [1.82, 2.24) is 30.8 Å². The van der Waals surface area contributed by atoms with Gasteiger partial charge < -0.3 is 35.7 Å². The number of carbonyl (C=O) groups is 4. The van der Waals surface area contributed by atoms with Gasteiger partial charge in [-0.3, -0.25) is 4.79 Å². The molecule has 0 saturated carbocycles. The van der Waals surface area contributed by atoms with Gasteiger partial charge in [-0.1, -0.05) is 37.6 Å². The van der Waals surface area contributed by atoms with E-state index in [4.69, 9.17) is 4.74 Å². The zero-order valence-corrected chi connectivity index (χ0v) is 23.8. The second-order valence-electron chi connectivity index (χ2n) is 10.7. The van der Waals surface area contributed by atoms with E-state index in [2.05, 4.69) is 25.9 Å². The number of hydrogen-bond donors (Lipinski definition) is 5. The number of rotatable bonds is 12. The first-order valence-corrected chi connectivity index (χ1v) is 13.5. The van der Waals surface area contributed by atoms with E-state index < -0.39 is 29.6 Å². The number of aromatic nitrogens is 2. The molecule has 1 atom stereocenters. The van der Waals surface area contributed by atoms with Gasteiger partial charge in [-0.05, 0) is 57.0 Å². The van der Waals surface area contributed by atoms with Crippen molar-refractivity contribution >= 4 is 35.0 Å². The summed E-state index contributed by atoms with van der Waals surface area (Å²) in [5, 5.41) is 17.1. The van der Waals surface area contributed by atoms with Crippen molar-refractivity contribution in [3.05, 3.63) is 65.5 Å². The number of fused-ring (bicyclic) bond motifs is 1. The fraction of sp³-hybridized carbons (Fsp3) is 0.414. The third-order valence-electron chi connectivity index (χ3n) is 5.93. The largest absolute Gasteiger partial charge is 0.480 e. The number of carbonyl (C=O) groups excluding carboxylic acids is 3. The Balaban J connectivity index is 1.64. The van der Waals surface area contributed by atoms with Crippen LogP contribution in [0.25, 0.3) is 11.0 Å². The molecule has 0 bridgehead atoms. The molecule has 1 unspecified atom stereocenters. The van der Waals surface area contributed by atoms with Gasteiger partial charge in [0.1, 0.15) is 11.9 Å². The lowest BCUT2D eigenvalue weighted by Gasteiger charge is -2.28. The maximum atomic E-state index is 13.1. The predicted octanol–water partition coefficient (Wildman–Crippen LogP) is 3.78. The Bertz CT molecular complexity index is 1310. The molecule has 3 rings (SSSR count). The number of carboxylic acid groups (broad SMARTS) is 1. The average Bonchev–Trinajstić information content (AvgIpc) is 3.32. The Morgan fingerprint density at radius 3 is 2.39 bits per heavy atom. The molecule has 1 heterocycles. The van der Waals surface area contributed by atoms with Crippen molar-refractivity contribution in [3.8, 4) is 0 Å². The number of nitrogens with one attached hydrogen (secondary N) is 4. The summed E-state index contributed by atoms with van der Waals surface area (Å²) >= 11 is 0. The molecular weight excluding hydrogens is 528 g/mol. The molecule has 12 nitrogen and oxygen atoms in total. The van der Waals surface area contributed by atoms with Gasteiger partial charge in [0.15, 0.2) is 0 Å². The second-order valence-corrected chi connectivity index (χ2v) is 10.7. The number of aliphatic carboxylic acids is 1. The SMILES string of the molecule is CCCCOC(=O)NC(CNC(=O)c1ccc(CN(Cc2nc3ccccc3[nH]2)C(=O)NC(C)(C)C)cc1)C(=O)O. The molecule has 5 N–H and O–H groups in total. The highest BCUT2D eigenvalue weighted by molar-refractivity contribution is 5.94. The molecule has 0 aliphatic carbocycles. The minimum absolute atomic E-state index is 0.181. The lowest BCUT2D eigenvalue weighted by atomic mass is 10.1. The third-order valence-corrected chi connectivity index (χ3v) is 5.93. The number of ether oxygens (including phenoxy) is 1. The first-order chi connectivity index (χ1) is 19.4. The molecule has 2 aromatic carbocycles. The number of alkyl carbamates (subject to hydrolysis) is 1. The summed E-state index contributed by atoms with van der Waals surface area (Å²) in [5.74, 6) is -1.16. The second kappa shape index (κ2) is 14.1. The number of carboxylic acids is 1. The van der Waals surface area contributed by atoms with Gasteiger partial charge in [-0.15, -0.1) is 0 Å². The van der Waals surface area contributed by atoms with Crippen LogP contribution in [0.1, 0.15) is 62.3 Å². The lowest BCUT2D eigenvalue weighted by Crippen LogP contribution is -2.48. The van der Waals surface area contributed by atoms with Gasteiger partial charge in [0.2, 0.25) is 0 Å². The minimum atomic E-state index is -1.35. The summed E-state index contributed by atoms with van der Waals surface area (Å²) in [4.78, 5) is 58.6. The number of H-pyrrole nitrogens is 1. The van der Waals surface area contributed by atoms with E-state index in [9.17, 15) is 24.3 Å². The Labute approximate surface area is 238 Å². The first kappa shape index (κ1) is 30.9. The Hall–Kier alpha value is -4.61. The van der Waals surface area contributed by atoms with E-state index in [1.54, 1.807) is 29.2 Å². The zero-order chi connectivity index (χ0) is 30.0. The highest BCUT2D eigenvalue weighted by atomic mass is 16.5. The highest BCUT2D eigenvalue weighted by Gasteiger charge is 2.23. The van der Waals surface area contributed by atoms with Crippen LogP contribution in [0.5, 0.6) is 0 Å². The summed E-state index contributed by atoms with van der Waals surface area (Å²) in [5.41, 5.74) is 2.32.